The van der Waals surface area contributed by atoms with Crippen molar-refractivity contribution in [3.8, 4) is 0 Å². The van der Waals surface area contributed by atoms with Gasteiger partial charge in [0.15, 0.2) is 11.0 Å². The number of aryl methyl sites for hydroxylation is 1. The fourth-order valence-corrected chi connectivity index (χ4v) is 4.23. The van der Waals surface area contributed by atoms with Crippen LogP contribution in [0.5, 0.6) is 0 Å². The van der Waals surface area contributed by atoms with Crippen molar-refractivity contribution < 1.29 is 4.57 Å². The highest BCUT2D eigenvalue weighted by Crippen LogP contribution is 2.32. The van der Waals surface area contributed by atoms with E-state index in [0.717, 1.165) is 33.6 Å². The molecule has 0 unspecified atom stereocenters. The summed E-state index contributed by atoms with van der Waals surface area (Å²) in [5, 5.41) is 1.49. The molecular formula is C25H19Cl2N2+. The van der Waals surface area contributed by atoms with Crippen LogP contribution in [0.4, 0.5) is 0 Å². The first-order valence-electron chi connectivity index (χ1n) is 9.51. The van der Waals surface area contributed by atoms with Crippen molar-refractivity contribution >= 4 is 51.5 Å². The number of allylic oxidation sites excluding steroid dienone is 3. The Kier molecular flexibility index (Phi) is 4.54. The van der Waals surface area contributed by atoms with Crippen molar-refractivity contribution in [2.45, 2.75) is 6.54 Å². The van der Waals surface area contributed by atoms with Crippen molar-refractivity contribution in [2.24, 2.45) is 7.05 Å². The molecule has 1 aliphatic rings. The van der Waals surface area contributed by atoms with Gasteiger partial charge in [0.05, 0.1) is 7.05 Å². The Balaban J connectivity index is 1.76. The van der Waals surface area contributed by atoms with Crippen molar-refractivity contribution in [1.82, 2.24) is 4.57 Å². The van der Waals surface area contributed by atoms with Gasteiger partial charge in [0, 0.05) is 21.7 Å². The van der Waals surface area contributed by atoms with Gasteiger partial charge >= 0.3 is 0 Å². The van der Waals surface area contributed by atoms with Gasteiger partial charge in [-0.3, -0.25) is 0 Å². The van der Waals surface area contributed by atoms with Gasteiger partial charge in [-0.15, -0.1) is 0 Å². The number of hydrogen-bond acceptors (Lipinski definition) is 0. The average Bonchev–Trinajstić information content (AvgIpc) is 2.89. The van der Waals surface area contributed by atoms with E-state index in [1.165, 1.54) is 22.2 Å². The molecule has 4 heteroatoms. The van der Waals surface area contributed by atoms with Gasteiger partial charge in [-0.1, -0.05) is 59.6 Å². The molecule has 1 aliphatic heterocycles. The van der Waals surface area contributed by atoms with Gasteiger partial charge in [-0.05, 0) is 59.2 Å². The molecule has 0 saturated heterocycles. The molecule has 0 fully saturated rings. The summed E-state index contributed by atoms with van der Waals surface area (Å²) in [5.41, 5.74) is 7.14. The molecule has 0 radical (unpaired) electrons. The highest BCUT2D eigenvalue weighted by atomic mass is 35.5. The first-order valence-corrected chi connectivity index (χ1v) is 10.3. The average molecular weight is 418 g/mol. The minimum absolute atomic E-state index is 0.740. The third-order valence-electron chi connectivity index (χ3n) is 5.49. The summed E-state index contributed by atoms with van der Waals surface area (Å²) in [6.45, 7) is 0.784. The highest BCUT2D eigenvalue weighted by Gasteiger charge is 2.25. The second kappa shape index (κ2) is 7.22. The molecule has 29 heavy (non-hydrogen) atoms. The molecule has 4 aromatic rings. The topological polar surface area (TPSA) is 8.81 Å². The Bertz CT molecular complexity index is 1280. The number of rotatable bonds is 2. The molecule has 5 rings (SSSR count). The molecule has 1 aromatic heterocycles. The van der Waals surface area contributed by atoms with Crippen LogP contribution in [-0.2, 0) is 13.6 Å². The Morgan fingerprint density at radius 2 is 1.38 bits per heavy atom. The summed E-state index contributed by atoms with van der Waals surface area (Å²) < 4.78 is 4.63. The van der Waals surface area contributed by atoms with Crippen LogP contribution in [0, 0.1) is 0 Å². The van der Waals surface area contributed by atoms with Crippen molar-refractivity contribution in [2.75, 3.05) is 0 Å². The minimum Gasteiger partial charge on any atom is -0.226 e. The van der Waals surface area contributed by atoms with Crippen LogP contribution < -0.4 is 4.57 Å². The first-order chi connectivity index (χ1) is 14.1. The normalized spacial score (nSPS) is 13.6. The number of imidazole rings is 1. The lowest BCUT2D eigenvalue weighted by molar-refractivity contribution is -0.647. The van der Waals surface area contributed by atoms with Gasteiger partial charge in [0.1, 0.15) is 6.54 Å². The van der Waals surface area contributed by atoms with Crippen molar-refractivity contribution in [1.29, 1.82) is 0 Å². The molecule has 2 nitrogen and oxygen atoms in total. The lowest BCUT2D eigenvalue weighted by Crippen LogP contribution is -2.31. The zero-order valence-electron chi connectivity index (χ0n) is 15.9. The van der Waals surface area contributed by atoms with E-state index in [1.54, 1.807) is 0 Å². The zero-order chi connectivity index (χ0) is 20.0. The lowest BCUT2D eigenvalue weighted by atomic mass is 9.99. The maximum absolute atomic E-state index is 6.13. The van der Waals surface area contributed by atoms with Crippen molar-refractivity contribution in [3.05, 3.63) is 106 Å². The van der Waals surface area contributed by atoms with Crippen LogP contribution in [0.1, 0.15) is 17.0 Å². The summed E-state index contributed by atoms with van der Waals surface area (Å²) in [5.74, 6) is 1.16. The van der Waals surface area contributed by atoms with E-state index in [0.29, 0.717) is 0 Å². The molecule has 142 valence electrons. The third kappa shape index (κ3) is 3.29. The number of hydrogen-bond donors (Lipinski definition) is 0. The first kappa shape index (κ1) is 18.2. The number of nitrogens with zero attached hydrogens (tertiary/aromatic N) is 2. The maximum Gasteiger partial charge on any atom is 0.283 e. The molecule has 0 spiro atoms. The van der Waals surface area contributed by atoms with E-state index in [9.17, 15) is 0 Å². The summed E-state index contributed by atoms with van der Waals surface area (Å²) in [7, 11) is 2.12. The number of para-hydroxylation sites is 2. The fraction of sp³-hybridized carbons (Fsp3) is 0.0800. The number of fused-ring (bicyclic) bond motifs is 3. The quantitative estimate of drug-likeness (QED) is 0.333. The highest BCUT2D eigenvalue weighted by molar-refractivity contribution is 6.30. The van der Waals surface area contributed by atoms with E-state index < -0.39 is 0 Å². The Morgan fingerprint density at radius 1 is 0.759 bits per heavy atom. The zero-order valence-corrected chi connectivity index (χ0v) is 17.5. The van der Waals surface area contributed by atoms with Crippen LogP contribution in [0.2, 0.25) is 10.0 Å². The summed E-state index contributed by atoms with van der Waals surface area (Å²) in [4.78, 5) is 0. The maximum atomic E-state index is 6.13. The van der Waals surface area contributed by atoms with Gasteiger partial charge < -0.3 is 0 Å². The van der Waals surface area contributed by atoms with Crippen LogP contribution in [-0.4, -0.2) is 4.57 Å². The summed E-state index contributed by atoms with van der Waals surface area (Å²) >= 11 is 12.3. The Hall–Kier alpha value is -2.81. The van der Waals surface area contributed by atoms with E-state index in [1.807, 2.05) is 24.3 Å². The third-order valence-corrected chi connectivity index (χ3v) is 5.99. The Morgan fingerprint density at radius 3 is 2.07 bits per heavy atom. The van der Waals surface area contributed by atoms with Gasteiger partial charge in [0.25, 0.3) is 5.82 Å². The molecule has 0 saturated carbocycles. The number of benzene rings is 3. The van der Waals surface area contributed by atoms with Crippen LogP contribution >= 0.6 is 23.2 Å². The molecule has 0 amide bonds. The second-order valence-electron chi connectivity index (χ2n) is 7.28. The van der Waals surface area contributed by atoms with Gasteiger partial charge in [0.2, 0.25) is 0 Å². The van der Waals surface area contributed by atoms with Crippen LogP contribution in [0.3, 0.4) is 0 Å². The molecular weight excluding hydrogens is 399 g/mol. The van der Waals surface area contributed by atoms with E-state index in [2.05, 4.69) is 76.9 Å². The lowest BCUT2D eigenvalue weighted by Gasteiger charge is -2.07. The molecule has 3 aromatic carbocycles. The second-order valence-corrected chi connectivity index (χ2v) is 8.15. The summed E-state index contributed by atoms with van der Waals surface area (Å²) in [6.07, 6.45) is 4.53. The SMILES string of the molecule is C[n+]1c2n(c3ccccc31)CC(c1ccc(Cl)cc1)=CC(c1ccc(Cl)cc1)=C2. The molecule has 0 bridgehead atoms. The predicted molar refractivity (Wildman–Crippen MR) is 122 cm³/mol. The van der Waals surface area contributed by atoms with Crippen molar-refractivity contribution in [3.63, 3.8) is 0 Å². The van der Waals surface area contributed by atoms with E-state index in [4.69, 9.17) is 23.2 Å². The minimum atomic E-state index is 0.740. The molecule has 0 aliphatic carbocycles. The number of aromatic nitrogens is 2. The van der Waals surface area contributed by atoms with Crippen LogP contribution in [0.25, 0.3) is 28.3 Å². The summed E-state index contributed by atoms with van der Waals surface area (Å²) in [6, 6.07) is 24.6. The van der Waals surface area contributed by atoms with E-state index in [-0.39, 0.29) is 0 Å². The fourth-order valence-electron chi connectivity index (χ4n) is 3.98. The van der Waals surface area contributed by atoms with Gasteiger partial charge in [-0.2, -0.15) is 0 Å². The van der Waals surface area contributed by atoms with E-state index >= 15 is 0 Å². The standard InChI is InChI=1S/C25H19Cl2N2/c1-28-23-4-2-3-5-24(23)29-16-20(18-8-12-22(27)13-9-18)14-19(15-25(28)29)17-6-10-21(26)11-7-17/h2-15H,16H2,1H3/q+1. The number of halogens is 2. The monoisotopic (exact) mass is 417 g/mol. The molecule has 2 heterocycles. The smallest absolute Gasteiger partial charge is 0.226 e. The predicted octanol–water partition coefficient (Wildman–Crippen LogP) is 6.41. The molecule has 0 atom stereocenters. The Labute approximate surface area is 179 Å². The largest absolute Gasteiger partial charge is 0.283 e. The van der Waals surface area contributed by atoms with Gasteiger partial charge in [-0.25, -0.2) is 9.13 Å². The molecule has 0 N–H and O–H groups in total. The van der Waals surface area contributed by atoms with Crippen LogP contribution in [0.15, 0.2) is 78.9 Å².